The van der Waals surface area contributed by atoms with Gasteiger partial charge in [0.05, 0.1) is 0 Å². The lowest BCUT2D eigenvalue weighted by atomic mass is 10.1. The van der Waals surface area contributed by atoms with E-state index >= 15 is 0 Å². The van der Waals surface area contributed by atoms with Gasteiger partial charge >= 0.3 is 6.09 Å². The fourth-order valence-corrected chi connectivity index (χ4v) is 2.63. The van der Waals surface area contributed by atoms with Crippen LogP contribution in [0.25, 0.3) is 0 Å². The Morgan fingerprint density at radius 3 is 2.59 bits per heavy atom. The van der Waals surface area contributed by atoms with Crippen LogP contribution in [0, 0.1) is 0 Å². The van der Waals surface area contributed by atoms with Crippen molar-refractivity contribution in [2.75, 3.05) is 26.2 Å². The van der Waals surface area contributed by atoms with Gasteiger partial charge in [-0.25, -0.2) is 4.79 Å². The Morgan fingerprint density at radius 1 is 1.36 bits per heavy atom. The van der Waals surface area contributed by atoms with Crippen molar-refractivity contribution in [3.63, 3.8) is 0 Å². The summed E-state index contributed by atoms with van der Waals surface area (Å²) < 4.78 is 5.51. The molecule has 0 unspecified atom stereocenters. The number of carboxylic acid groups (broad SMARTS) is 1. The smallest absolute Gasteiger partial charge is 0.404 e. The fraction of sp³-hybridized carbons (Fsp3) is 0.533. The van der Waals surface area contributed by atoms with Crippen LogP contribution >= 0.6 is 11.6 Å². The van der Waals surface area contributed by atoms with Crippen LogP contribution < -0.4 is 10.1 Å². The molecular formula is C15H21ClN2O4. The molecule has 0 saturated carbocycles. The molecule has 1 heterocycles. The third-order valence-corrected chi connectivity index (χ3v) is 3.89. The second-order valence-corrected chi connectivity index (χ2v) is 5.88. The van der Waals surface area contributed by atoms with Crippen molar-refractivity contribution >= 4 is 17.7 Å². The van der Waals surface area contributed by atoms with Crippen LogP contribution in [0.3, 0.4) is 0 Å². The molecule has 0 aliphatic carbocycles. The number of benzene rings is 1. The van der Waals surface area contributed by atoms with Crippen molar-refractivity contribution in [2.24, 2.45) is 0 Å². The molecule has 2 rings (SSSR count). The molecule has 7 heteroatoms. The molecule has 3 N–H and O–H groups in total. The van der Waals surface area contributed by atoms with Gasteiger partial charge in [-0.2, -0.15) is 0 Å². The highest BCUT2D eigenvalue weighted by molar-refractivity contribution is 6.30. The minimum absolute atomic E-state index is 0.0104. The predicted octanol–water partition coefficient (Wildman–Crippen LogP) is 1.81. The van der Waals surface area contributed by atoms with Gasteiger partial charge in [-0.1, -0.05) is 11.6 Å². The summed E-state index contributed by atoms with van der Waals surface area (Å²) in [6, 6.07) is 7.01. The maximum Gasteiger partial charge on any atom is 0.404 e. The van der Waals surface area contributed by atoms with Gasteiger partial charge in [-0.3, -0.25) is 0 Å². The zero-order chi connectivity index (χ0) is 15.9. The molecule has 0 aromatic heterocycles. The number of halogens is 1. The van der Waals surface area contributed by atoms with E-state index in [-0.39, 0.29) is 12.6 Å². The topological polar surface area (TPSA) is 82.0 Å². The first kappa shape index (κ1) is 16.9. The van der Waals surface area contributed by atoms with Gasteiger partial charge in [0.15, 0.2) is 0 Å². The maximum atomic E-state index is 10.6. The number of likely N-dealkylation sites (tertiary alicyclic amines) is 1. The maximum absolute atomic E-state index is 10.6. The van der Waals surface area contributed by atoms with Crippen molar-refractivity contribution < 1.29 is 19.7 Å². The van der Waals surface area contributed by atoms with Crippen LogP contribution in [0.15, 0.2) is 24.3 Å². The molecule has 0 bridgehead atoms. The average molecular weight is 329 g/mol. The lowest BCUT2D eigenvalue weighted by Gasteiger charge is -2.32. The molecule has 1 amide bonds. The molecule has 1 aliphatic rings. The van der Waals surface area contributed by atoms with Crippen LogP contribution in [0.1, 0.15) is 12.8 Å². The van der Waals surface area contributed by atoms with Crippen molar-refractivity contribution in [1.82, 2.24) is 10.2 Å². The first-order chi connectivity index (χ1) is 10.5. The Bertz CT molecular complexity index is 475. The van der Waals surface area contributed by atoms with Crippen LogP contribution in [0.4, 0.5) is 4.79 Å². The van der Waals surface area contributed by atoms with E-state index < -0.39 is 12.2 Å². The Kier molecular flexibility index (Phi) is 6.30. The van der Waals surface area contributed by atoms with E-state index in [1.54, 1.807) is 24.3 Å². The van der Waals surface area contributed by atoms with E-state index in [2.05, 4.69) is 10.2 Å². The highest BCUT2D eigenvalue weighted by Gasteiger charge is 2.22. The minimum Gasteiger partial charge on any atom is -0.491 e. The number of amides is 1. The van der Waals surface area contributed by atoms with Crippen LogP contribution in [0.2, 0.25) is 5.02 Å². The summed E-state index contributed by atoms with van der Waals surface area (Å²) in [6.07, 6.45) is -0.0387. The molecule has 122 valence electrons. The molecule has 1 aliphatic heterocycles. The number of carbonyl (C=O) groups is 1. The highest BCUT2D eigenvalue weighted by atomic mass is 35.5. The number of piperidine rings is 1. The molecular weight excluding hydrogens is 308 g/mol. The van der Waals surface area contributed by atoms with Gasteiger partial charge < -0.3 is 25.2 Å². The standard InChI is InChI=1S/C15H21ClN2O4/c16-11-1-3-14(4-2-11)22-10-13(19)9-18-7-5-12(6-8-18)17-15(20)21/h1-4,12-13,17,19H,5-10H2,(H,20,21)/t13-/m0/s1. The zero-order valence-electron chi connectivity index (χ0n) is 12.2. The van der Waals surface area contributed by atoms with Gasteiger partial charge in [-0.15, -0.1) is 0 Å². The van der Waals surface area contributed by atoms with E-state index in [1.807, 2.05) is 0 Å². The second kappa shape index (κ2) is 8.22. The third-order valence-electron chi connectivity index (χ3n) is 3.64. The van der Waals surface area contributed by atoms with E-state index in [9.17, 15) is 9.90 Å². The number of aliphatic hydroxyl groups excluding tert-OH is 1. The monoisotopic (exact) mass is 328 g/mol. The van der Waals surface area contributed by atoms with Gasteiger partial charge in [-0.05, 0) is 37.1 Å². The summed E-state index contributed by atoms with van der Waals surface area (Å²) >= 11 is 5.79. The number of hydrogen-bond donors (Lipinski definition) is 3. The lowest BCUT2D eigenvalue weighted by molar-refractivity contribution is 0.0578. The quantitative estimate of drug-likeness (QED) is 0.742. The first-order valence-corrected chi connectivity index (χ1v) is 7.69. The summed E-state index contributed by atoms with van der Waals surface area (Å²) in [4.78, 5) is 12.7. The summed E-state index contributed by atoms with van der Waals surface area (Å²) in [6.45, 7) is 2.27. The summed E-state index contributed by atoms with van der Waals surface area (Å²) in [5.74, 6) is 0.674. The molecule has 0 radical (unpaired) electrons. The summed E-state index contributed by atoms with van der Waals surface area (Å²) in [7, 11) is 0. The first-order valence-electron chi connectivity index (χ1n) is 7.31. The number of rotatable bonds is 6. The second-order valence-electron chi connectivity index (χ2n) is 5.44. The fourth-order valence-electron chi connectivity index (χ4n) is 2.51. The Balaban J connectivity index is 1.66. The van der Waals surface area contributed by atoms with Crippen molar-refractivity contribution in [3.05, 3.63) is 29.3 Å². The van der Waals surface area contributed by atoms with Gasteiger partial charge in [0.25, 0.3) is 0 Å². The molecule has 6 nitrogen and oxygen atoms in total. The predicted molar refractivity (Wildman–Crippen MR) is 83.6 cm³/mol. The Morgan fingerprint density at radius 2 is 2.00 bits per heavy atom. The van der Waals surface area contributed by atoms with Crippen LogP contribution in [-0.2, 0) is 0 Å². The molecule has 22 heavy (non-hydrogen) atoms. The largest absolute Gasteiger partial charge is 0.491 e. The van der Waals surface area contributed by atoms with Gasteiger partial charge in [0.2, 0.25) is 0 Å². The van der Waals surface area contributed by atoms with Crippen LogP contribution in [-0.4, -0.2) is 59.6 Å². The van der Waals surface area contributed by atoms with Crippen molar-refractivity contribution in [1.29, 1.82) is 0 Å². The molecule has 1 atom stereocenters. The Labute approximate surface area is 134 Å². The number of nitrogens with one attached hydrogen (secondary N) is 1. The SMILES string of the molecule is O=C(O)NC1CCN(C[C@H](O)COc2ccc(Cl)cc2)CC1. The Hall–Kier alpha value is -1.50. The number of aliphatic hydroxyl groups is 1. The number of ether oxygens (including phenoxy) is 1. The molecule has 0 spiro atoms. The van der Waals surface area contributed by atoms with Crippen molar-refractivity contribution in [3.8, 4) is 5.75 Å². The third kappa shape index (κ3) is 5.71. The van der Waals surface area contributed by atoms with E-state index in [1.165, 1.54) is 0 Å². The normalized spacial score (nSPS) is 17.9. The van der Waals surface area contributed by atoms with Gasteiger partial charge in [0, 0.05) is 30.7 Å². The van der Waals surface area contributed by atoms with E-state index in [4.69, 9.17) is 21.4 Å². The molecule has 1 aromatic carbocycles. The number of β-amino-alcohol motifs (C(OH)–C–C–N with tert-alkyl or cyclic N) is 1. The molecule has 1 fully saturated rings. The highest BCUT2D eigenvalue weighted by Crippen LogP contribution is 2.16. The van der Waals surface area contributed by atoms with Gasteiger partial charge in [0.1, 0.15) is 18.5 Å². The number of hydrogen-bond acceptors (Lipinski definition) is 4. The van der Waals surface area contributed by atoms with E-state index in [0.29, 0.717) is 17.3 Å². The molecule has 1 saturated heterocycles. The van der Waals surface area contributed by atoms with E-state index in [0.717, 1.165) is 25.9 Å². The minimum atomic E-state index is -0.977. The van der Waals surface area contributed by atoms with Crippen molar-refractivity contribution in [2.45, 2.75) is 25.0 Å². The summed E-state index contributed by atoms with van der Waals surface area (Å²) in [5, 5.41) is 21.9. The van der Waals surface area contributed by atoms with Crippen LogP contribution in [0.5, 0.6) is 5.75 Å². The zero-order valence-corrected chi connectivity index (χ0v) is 13.0. The molecule has 1 aromatic rings. The summed E-state index contributed by atoms with van der Waals surface area (Å²) in [5.41, 5.74) is 0. The lowest BCUT2D eigenvalue weighted by Crippen LogP contribution is -2.46. The average Bonchev–Trinajstić information content (AvgIpc) is 2.48. The number of nitrogens with zero attached hydrogens (tertiary/aromatic N) is 1.